The molecule has 1 atom stereocenters. The Kier molecular flexibility index (Phi) is 3.03. The minimum Gasteiger partial charge on any atom is -0.258 e. The van der Waals surface area contributed by atoms with E-state index in [1.54, 1.807) is 0 Å². The molecule has 1 aliphatic heterocycles. The van der Waals surface area contributed by atoms with Crippen LogP contribution in [0.3, 0.4) is 0 Å². The van der Waals surface area contributed by atoms with Gasteiger partial charge in [0.05, 0.1) is 11.7 Å². The number of hydrogen-bond acceptors (Lipinski definition) is 2. The highest BCUT2D eigenvalue weighted by Gasteiger charge is 2.27. The summed E-state index contributed by atoms with van der Waals surface area (Å²) in [5, 5.41) is 6.61. The van der Waals surface area contributed by atoms with E-state index in [9.17, 15) is 4.39 Å². The lowest BCUT2D eigenvalue weighted by molar-refractivity contribution is 0.624. The molecule has 0 radical (unpaired) electrons. The van der Waals surface area contributed by atoms with E-state index in [-0.39, 0.29) is 11.9 Å². The normalized spacial score (nSPS) is 18.5. The van der Waals surface area contributed by atoms with Gasteiger partial charge in [-0.25, -0.2) is 4.39 Å². The standard InChI is InChI=1S/C16H15FN2/c1-12-11-16(13-7-9-14(17)10-8-13)19(18-12)15-5-3-2-4-6-15/h2-10,16H,11H2,1H3/t16-/m0/s1. The summed E-state index contributed by atoms with van der Waals surface area (Å²) >= 11 is 0. The molecule has 2 aromatic rings. The fourth-order valence-corrected chi connectivity index (χ4v) is 2.42. The lowest BCUT2D eigenvalue weighted by Gasteiger charge is -2.24. The number of nitrogens with zero attached hydrogens (tertiary/aromatic N) is 2. The summed E-state index contributed by atoms with van der Waals surface area (Å²) in [6, 6.07) is 16.9. The summed E-state index contributed by atoms with van der Waals surface area (Å²) in [4.78, 5) is 0. The maximum atomic E-state index is 13.0. The number of benzene rings is 2. The van der Waals surface area contributed by atoms with Gasteiger partial charge in [0.2, 0.25) is 0 Å². The van der Waals surface area contributed by atoms with Gasteiger partial charge < -0.3 is 0 Å². The van der Waals surface area contributed by atoms with Gasteiger partial charge >= 0.3 is 0 Å². The van der Waals surface area contributed by atoms with Crippen molar-refractivity contribution < 1.29 is 4.39 Å². The monoisotopic (exact) mass is 254 g/mol. The average molecular weight is 254 g/mol. The molecule has 1 heterocycles. The van der Waals surface area contributed by atoms with E-state index in [1.165, 1.54) is 12.1 Å². The second kappa shape index (κ2) is 4.84. The second-order valence-electron chi connectivity index (χ2n) is 4.79. The molecule has 0 saturated carbocycles. The summed E-state index contributed by atoms with van der Waals surface area (Å²) in [6.07, 6.45) is 0.876. The highest BCUT2D eigenvalue weighted by molar-refractivity contribution is 5.86. The molecule has 0 unspecified atom stereocenters. The molecule has 0 N–H and O–H groups in total. The molecule has 0 fully saturated rings. The molecule has 19 heavy (non-hydrogen) atoms. The Hall–Kier alpha value is -2.16. The summed E-state index contributed by atoms with van der Waals surface area (Å²) in [5.41, 5.74) is 3.25. The van der Waals surface area contributed by atoms with Crippen LogP contribution in [-0.2, 0) is 0 Å². The Labute approximate surface area is 112 Å². The number of hydrogen-bond donors (Lipinski definition) is 0. The summed E-state index contributed by atoms with van der Waals surface area (Å²) < 4.78 is 13.0. The van der Waals surface area contributed by atoms with Crippen molar-refractivity contribution in [2.75, 3.05) is 5.01 Å². The molecule has 0 amide bonds. The number of halogens is 1. The molecule has 2 nitrogen and oxygen atoms in total. The average Bonchev–Trinajstić information content (AvgIpc) is 2.83. The highest BCUT2D eigenvalue weighted by atomic mass is 19.1. The Balaban J connectivity index is 1.95. The van der Waals surface area contributed by atoms with Crippen molar-refractivity contribution in [3.8, 4) is 0 Å². The Morgan fingerprint density at radius 3 is 2.42 bits per heavy atom. The highest BCUT2D eigenvalue weighted by Crippen LogP contribution is 2.34. The first-order valence-electron chi connectivity index (χ1n) is 6.38. The zero-order valence-corrected chi connectivity index (χ0v) is 10.8. The minimum absolute atomic E-state index is 0.156. The number of hydrazone groups is 1. The predicted molar refractivity (Wildman–Crippen MR) is 75.8 cm³/mol. The van der Waals surface area contributed by atoms with Gasteiger partial charge in [0.25, 0.3) is 0 Å². The van der Waals surface area contributed by atoms with Crippen LogP contribution in [0.2, 0.25) is 0 Å². The molecule has 0 aromatic heterocycles. The van der Waals surface area contributed by atoms with Gasteiger partial charge in [0.15, 0.2) is 0 Å². The number of para-hydroxylation sites is 1. The maximum Gasteiger partial charge on any atom is 0.123 e. The first-order chi connectivity index (χ1) is 9.24. The van der Waals surface area contributed by atoms with Crippen molar-refractivity contribution in [1.29, 1.82) is 0 Å². The van der Waals surface area contributed by atoms with E-state index in [4.69, 9.17) is 0 Å². The van der Waals surface area contributed by atoms with Crippen LogP contribution in [0.5, 0.6) is 0 Å². The fraction of sp³-hybridized carbons (Fsp3) is 0.188. The summed E-state index contributed by atoms with van der Waals surface area (Å²) in [5.74, 6) is -0.203. The predicted octanol–water partition coefficient (Wildman–Crippen LogP) is 4.15. The number of anilines is 1. The van der Waals surface area contributed by atoms with Gasteiger partial charge in [-0.15, -0.1) is 0 Å². The zero-order chi connectivity index (χ0) is 13.2. The van der Waals surface area contributed by atoms with Gasteiger partial charge in [-0.1, -0.05) is 30.3 Å². The molecule has 1 aliphatic rings. The molecule has 0 spiro atoms. The first-order valence-corrected chi connectivity index (χ1v) is 6.38. The molecule has 0 saturated heterocycles. The molecule has 3 rings (SSSR count). The van der Waals surface area contributed by atoms with Gasteiger partial charge in [-0.2, -0.15) is 5.10 Å². The Morgan fingerprint density at radius 1 is 1.05 bits per heavy atom. The van der Waals surface area contributed by atoms with Crippen LogP contribution in [0.25, 0.3) is 0 Å². The van der Waals surface area contributed by atoms with Gasteiger partial charge in [-0.3, -0.25) is 5.01 Å². The van der Waals surface area contributed by atoms with E-state index >= 15 is 0 Å². The molecule has 2 aromatic carbocycles. The van der Waals surface area contributed by atoms with Crippen LogP contribution in [0.15, 0.2) is 59.7 Å². The molecule has 0 aliphatic carbocycles. The van der Waals surface area contributed by atoms with Crippen molar-refractivity contribution >= 4 is 11.4 Å². The van der Waals surface area contributed by atoms with Crippen LogP contribution < -0.4 is 5.01 Å². The van der Waals surface area contributed by atoms with Crippen molar-refractivity contribution in [2.45, 2.75) is 19.4 Å². The second-order valence-corrected chi connectivity index (χ2v) is 4.79. The van der Waals surface area contributed by atoms with Crippen molar-refractivity contribution in [3.05, 3.63) is 66.0 Å². The van der Waals surface area contributed by atoms with Crippen LogP contribution in [0.4, 0.5) is 10.1 Å². The van der Waals surface area contributed by atoms with Crippen LogP contribution >= 0.6 is 0 Å². The molecular weight excluding hydrogens is 239 g/mol. The van der Waals surface area contributed by atoms with Crippen LogP contribution in [0.1, 0.15) is 24.9 Å². The molecule has 0 bridgehead atoms. The topological polar surface area (TPSA) is 15.6 Å². The van der Waals surface area contributed by atoms with Gasteiger partial charge in [-0.05, 0) is 36.8 Å². The van der Waals surface area contributed by atoms with E-state index < -0.39 is 0 Å². The van der Waals surface area contributed by atoms with Crippen molar-refractivity contribution in [1.82, 2.24) is 0 Å². The van der Waals surface area contributed by atoms with Crippen LogP contribution in [-0.4, -0.2) is 5.71 Å². The van der Waals surface area contributed by atoms with E-state index in [1.807, 2.05) is 54.4 Å². The van der Waals surface area contributed by atoms with E-state index in [2.05, 4.69) is 5.10 Å². The number of rotatable bonds is 2. The lowest BCUT2D eigenvalue weighted by Crippen LogP contribution is -2.18. The quantitative estimate of drug-likeness (QED) is 0.786. The van der Waals surface area contributed by atoms with Crippen molar-refractivity contribution in [3.63, 3.8) is 0 Å². The Bertz CT molecular complexity index is 590. The third-order valence-corrected chi connectivity index (χ3v) is 3.34. The maximum absolute atomic E-state index is 13.0. The SMILES string of the molecule is CC1=NN(c2ccccc2)[C@H](c2ccc(F)cc2)C1. The zero-order valence-electron chi connectivity index (χ0n) is 10.8. The van der Waals surface area contributed by atoms with Crippen LogP contribution in [0, 0.1) is 5.82 Å². The van der Waals surface area contributed by atoms with E-state index in [0.717, 1.165) is 23.4 Å². The minimum atomic E-state index is -0.203. The molecule has 96 valence electrons. The third kappa shape index (κ3) is 2.36. The fourth-order valence-electron chi connectivity index (χ4n) is 2.42. The smallest absolute Gasteiger partial charge is 0.123 e. The largest absolute Gasteiger partial charge is 0.258 e. The van der Waals surface area contributed by atoms with Gasteiger partial charge in [0, 0.05) is 12.1 Å². The van der Waals surface area contributed by atoms with Crippen molar-refractivity contribution in [2.24, 2.45) is 5.10 Å². The summed E-state index contributed by atoms with van der Waals surface area (Å²) in [6.45, 7) is 2.03. The lowest BCUT2D eigenvalue weighted by atomic mass is 10.0. The summed E-state index contributed by atoms with van der Waals surface area (Å²) in [7, 11) is 0. The Morgan fingerprint density at radius 2 is 1.74 bits per heavy atom. The van der Waals surface area contributed by atoms with Gasteiger partial charge in [0.1, 0.15) is 5.82 Å². The first kappa shape index (κ1) is 11.9. The molecule has 3 heteroatoms. The van der Waals surface area contributed by atoms with E-state index in [0.29, 0.717) is 0 Å². The third-order valence-electron chi connectivity index (χ3n) is 3.34. The molecular formula is C16H15FN2.